The Kier molecular flexibility index (Phi) is 5.80. The predicted molar refractivity (Wildman–Crippen MR) is 120 cm³/mol. The monoisotopic (exact) mass is 413 g/mol. The van der Waals surface area contributed by atoms with Crippen molar-refractivity contribution in [2.45, 2.75) is 6.54 Å². The number of methoxy groups -OCH3 is 2. The highest BCUT2D eigenvalue weighted by Gasteiger charge is 2.19. The van der Waals surface area contributed by atoms with E-state index < -0.39 is 0 Å². The molecule has 0 fully saturated rings. The maximum absolute atomic E-state index is 13.5. The van der Waals surface area contributed by atoms with E-state index in [1.165, 1.54) is 0 Å². The number of hydrogen-bond acceptors (Lipinski definition) is 5. The lowest BCUT2D eigenvalue weighted by Gasteiger charge is -2.20. The number of carbonyl (C=O) groups is 1. The number of pyridine rings is 2. The van der Waals surface area contributed by atoms with Crippen molar-refractivity contribution in [2.24, 2.45) is 0 Å². The highest BCUT2D eigenvalue weighted by molar-refractivity contribution is 6.07. The van der Waals surface area contributed by atoms with E-state index in [1.54, 1.807) is 38.6 Å². The first kappa shape index (κ1) is 20.3. The minimum Gasteiger partial charge on any atom is -0.497 e. The quantitative estimate of drug-likeness (QED) is 0.463. The second kappa shape index (κ2) is 8.83. The molecule has 2 aromatic carbocycles. The van der Waals surface area contributed by atoms with Gasteiger partial charge in [-0.15, -0.1) is 0 Å². The summed E-state index contributed by atoms with van der Waals surface area (Å²) in [7, 11) is 5.00. The molecule has 0 N–H and O–H groups in total. The molecule has 0 aliphatic rings. The van der Waals surface area contributed by atoms with E-state index in [9.17, 15) is 4.79 Å². The fourth-order valence-electron chi connectivity index (χ4n) is 3.53. The van der Waals surface area contributed by atoms with Gasteiger partial charge in [-0.1, -0.05) is 18.2 Å². The van der Waals surface area contributed by atoms with E-state index in [0.717, 1.165) is 22.0 Å². The average Bonchev–Trinajstić information content (AvgIpc) is 2.83. The molecule has 0 aliphatic heterocycles. The normalized spacial score (nSPS) is 10.7. The van der Waals surface area contributed by atoms with Crippen molar-refractivity contribution in [3.8, 4) is 22.8 Å². The van der Waals surface area contributed by atoms with Crippen LogP contribution in [0.2, 0.25) is 0 Å². The molecule has 0 atom stereocenters. The first-order chi connectivity index (χ1) is 15.1. The molecule has 1 amide bonds. The summed E-state index contributed by atoms with van der Waals surface area (Å²) < 4.78 is 10.8. The van der Waals surface area contributed by atoms with E-state index in [4.69, 9.17) is 14.5 Å². The SMILES string of the molecule is COc1ccc(CN(C)C(=O)c2cc(-c3cccnc3)nc3ccccc23)c(OC)c1. The zero-order valence-electron chi connectivity index (χ0n) is 17.7. The average molecular weight is 413 g/mol. The van der Waals surface area contributed by atoms with Gasteiger partial charge in [-0.2, -0.15) is 0 Å². The lowest BCUT2D eigenvalue weighted by molar-refractivity contribution is 0.0786. The molecule has 4 rings (SSSR count). The number of fused-ring (bicyclic) bond motifs is 1. The summed E-state index contributed by atoms with van der Waals surface area (Å²) in [5.41, 5.74) is 3.83. The van der Waals surface area contributed by atoms with Crippen molar-refractivity contribution >= 4 is 16.8 Å². The number of nitrogens with zero attached hydrogens (tertiary/aromatic N) is 3. The van der Waals surface area contributed by atoms with Gasteiger partial charge in [0.1, 0.15) is 11.5 Å². The first-order valence-electron chi connectivity index (χ1n) is 9.87. The zero-order chi connectivity index (χ0) is 21.8. The summed E-state index contributed by atoms with van der Waals surface area (Å²) in [6, 6.07) is 18.9. The molecule has 4 aromatic rings. The Balaban J connectivity index is 1.72. The summed E-state index contributed by atoms with van der Waals surface area (Å²) in [5.74, 6) is 1.28. The minimum atomic E-state index is -0.0957. The van der Waals surface area contributed by atoms with Crippen LogP contribution in [0.4, 0.5) is 0 Å². The largest absolute Gasteiger partial charge is 0.497 e. The number of carbonyl (C=O) groups excluding carboxylic acids is 1. The van der Waals surface area contributed by atoms with Crippen LogP contribution in [0.3, 0.4) is 0 Å². The third-order valence-electron chi connectivity index (χ3n) is 5.15. The molecule has 6 nitrogen and oxygen atoms in total. The van der Waals surface area contributed by atoms with Crippen LogP contribution in [0.5, 0.6) is 11.5 Å². The van der Waals surface area contributed by atoms with Crippen LogP contribution in [0.1, 0.15) is 15.9 Å². The van der Waals surface area contributed by atoms with Gasteiger partial charge in [0, 0.05) is 48.6 Å². The molecule has 0 spiro atoms. The van der Waals surface area contributed by atoms with Gasteiger partial charge in [0.2, 0.25) is 0 Å². The number of benzene rings is 2. The van der Waals surface area contributed by atoms with Gasteiger partial charge in [-0.25, -0.2) is 4.98 Å². The third kappa shape index (κ3) is 4.19. The molecular formula is C25H23N3O3. The van der Waals surface area contributed by atoms with Crippen LogP contribution in [-0.2, 0) is 6.54 Å². The molecule has 0 unspecified atom stereocenters. The molecule has 156 valence electrons. The number of aromatic nitrogens is 2. The minimum absolute atomic E-state index is 0.0957. The topological polar surface area (TPSA) is 64.5 Å². The molecule has 0 saturated heterocycles. The van der Waals surface area contributed by atoms with Crippen molar-refractivity contribution in [2.75, 3.05) is 21.3 Å². The fourth-order valence-corrected chi connectivity index (χ4v) is 3.53. The smallest absolute Gasteiger partial charge is 0.254 e. The summed E-state index contributed by atoms with van der Waals surface area (Å²) in [6.45, 7) is 0.394. The van der Waals surface area contributed by atoms with E-state index in [1.807, 2.05) is 60.7 Å². The van der Waals surface area contributed by atoms with E-state index in [-0.39, 0.29) is 5.91 Å². The molecule has 2 heterocycles. The molecule has 0 saturated carbocycles. The second-order valence-electron chi connectivity index (χ2n) is 7.15. The highest BCUT2D eigenvalue weighted by atomic mass is 16.5. The number of hydrogen-bond donors (Lipinski definition) is 0. The number of para-hydroxylation sites is 1. The van der Waals surface area contributed by atoms with E-state index >= 15 is 0 Å². The summed E-state index contributed by atoms with van der Waals surface area (Å²) in [6.07, 6.45) is 3.46. The summed E-state index contributed by atoms with van der Waals surface area (Å²) >= 11 is 0. The van der Waals surface area contributed by atoms with Crippen LogP contribution >= 0.6 is 0 Å². The second-order valence-corrected chi connectivity index (χ2v) is 7.15. The van der Waals surface area contributed by atoms with Gasteiger partial charge in [0.25, 0.3) is 5.91 Å². The predicted octanol–water partition coefficient (Wildman–Crippen LogP) is 4.59. The number of amides is 1. The zero-order valence-corrected chi connectivity index (χ0v) is 17.7. The molecule has 0 radical (unpaired) electrons. The van der Waals surface area contributed by atoms with Crippen molar-refractivity contribution in [1.29, 1.82) is 0 Å². The van der Waals surface area contributed by atoms with Crippen LogP contribution in [0, 0.1) is 0 Å². The van der Waals surface area contributed by atoms with E-state index in [0.29, 0.717) is 29.3 Å². The first-order valence-corrected chi connectivity index (χ1v) is 9.87. The summed E-state index contributed by atoms with van der Waals surface area (Å²) in [4.78, 5) is 24.1. The lowest BCUT2D eigenvalue weighted by atomic mass is 10.0. The Morgan fingerprint density at radius 3 is 2.58 bits per heavy atom. The Hall–Kier alpha value is -3.93. The van der Waals surface area contributed by atoms with Crippen LogP contribution < -0.4 is 9.47 Å². The Morgan fingerprint density at radius 2 is 1.84 bits per heavy atom. The van der Waals surface area contributed by atoms with Gasteiger partial charge in [-0.05, 0) is 36.4 Å². The van der Waals surface area contributed by atoms with Gasteiger partial charge in [0.15, 0.2) is 0 Å². The fraction of sp³-hybridized carbons (Fsp3) is 0.160. The van der Waals surface area contributed by atoms with Gasteiger partial charge < -0.3 is 14.4 Å². The molecular weight excluding hydrogens is 390 g/mol. The van der Waals surface area contributed by atoms with Crippen molar-refractivity contribution < 1.29 is 14.3 Å². The van der Waals surface area contributed by atoms with E-state index in [2.05, 4.69) is 4.98 Å². The van der Waals surface area contributed by atoms with Gasteiger partial charge in [-0.3, -0.25) is 9.78 Å². The van der Waals surface area contributed by atoms with Crippen molar-refractivity contribution in [1.82, 2.24) is 14.9 Å². The Bertz CT molecular complexity index is 1230. The third-order valence-corrected chi connectivity index (χ3v) is 5.15. The van der Waals surface area contributed by atoms with Crippen molar-refractivity contribution in [3.63, 3.8) is 0 Å². The van der Waals surface area contributed by atoms with Crippen LogP contribution in [0.15, 0.2) is 73.1 Å². The molecule has 0 bridgehead atoms. The lowest BCUT2D eigenvalue weighted by Crippen LogP contribution is -2.26. The number of ether oxygens (including phenoxy) is 2. The Labute approximate surface area is 181 Å². The van der Waals surface area contributed by atoms with Crippen molar-refractivity contribution in [3.05, 3.63) is 84.2 Å². The molecule has 6 heteroatoms. The summed E-state index contributed by atoms with van der Waals surface area (Å²) in [5, 5.41) is 0.814. The maximum atomic E-state index is 13.5. The Morgan fingerprint density at radius 1 is 1.00 bits per heavy atom. The molecule has 2 aromatic heterocycles. The van der Waals surface area contributed by atoms with Crippen LogP contribution in [-0.4, -0.2) is 42.0 Å². The van der Waals surface area contributed by atoms with Gasteiger partial charge in [0.05, 0.1) is 31.0 Å². The molecule has 31 heavy (non-hydrogen) atoms. The van der Waals surface area contributed by atoms with Gasteiger partial charge >= 0.3 is 0 Å². The number of rotatable bonds is 6. The van der Waals surface area contributed by atoms with Crippen LogP contribution in [0.25, 0.3) is 22.2 Å². The maximum Gasteiger partial charge on any atom is 0.254 e. The highest BCUT2D eigenvalue weighted by Crippen LogP contribution is 2.28. The standard InChI is InChI=1S/C25H23N3O3/c1-28(16-18-10-11-19(30-2)13-24(18)31-3)25(29)21-14-23(17-7-6-12-26-15-17)27-22-9-5-4-8-20(21)22/h4-15H,16H2,1-3H3. The molecule has 0 aliphatic carbocycles.